The fourth-order valence-corrected chi connectivity index (χ4v) is 2.43. The van der Waals surface area contributed by atoms with Crippen molar-refractivity contribution in [3.05, 3.63) is 41.5 Å². The van der Waals surface area contributed by atoms with Gasteiger partial charge in [0.15, 0.2) is 0 Å². The van der Waals surface area contributed by atoms with Gasteiger partial charge in [-0.25, -0.2) is 14.4 Å². The van der Waals surface area contributed by atoms with Crippen LogP contribution in [0.4, 0.5) is 4.79 Å². The minimum Gasteiger partial charge on any atom is -0.434 e. The maximum atomic E-state index is 12.1. The molecule has 0 amide bonds. The molecule has 0 unspecified atom stereocenters. The van der Waals surface area contributed by atoms with Gasteiger partial charge in [-0.2, -0.15) is 0 Å². The molecule has 0 aliphatic carbocycles. The highest BCUT2D eigenvalue weighted by molar-refractivity contribution is 6.22. The quantitative estimate of drug-likeness (QED) is 0.372. The number of unbranched alkanes of at least 4 members (excludes halogenated alkanes) is 1. The van der Waals surface area contributed by atoms with Gasteiger partial charge in [0.2, 0.25) is 0 Å². The predicted molar refractivity (Wildman–Crippen MR) is 80.6 cm³/mol. The topological polar surface area (TPSA) is 78.9 Å². The Kier molecular flexibility index (Phi) is 3.97. The highest BCUT2D eigenvalue weighted by Gasteiger charge is 2.31. The van der Waals surface area contributed by atoms with Crippen LogP contribution in [0, 0.1) is 0 Å². The Morgan fingerprint density at radius 1 is 1.13 bits per heavy atom. The van der Waals surface area contributed by atoms with Gasteiger partial charge in [0, 0.05) is 5.39 Å². The van der Waals surface area contributed by atoms with Crippen LogP contribution in [-0.2, 0) is 9.47 Å². The van der Waals surface area contributed by atoms with E-state index in [9.17, 15) is 14.4 Å². The first-order valence-electron chi connectivity index (χ1n) is 7.28. The highest BCUT2D eigenvalue weighted by Crippen LogP contribution is 2.35. The van der Waals surface area contributed by atoms with Crippen molar-refractivity contribution < 1.29 is 28.6 Å². The smallest absolute Gasteiger partial charge is 0.434 e. The number of esters is 2. The van der Waals surface area contributed by atoms with Crippen molar-refractivity contribution in [2.75, 3.05) is 6.61 Å². The largest absolute Gasteiger partial charge is 0.513 e. The zero-order valence-electron chi connectivity index (χ0n) is 12.5. The van der Waals surface area contributed by atoms with Crippen LogP contribution in [-0.4, -0.2) is 24.7 Å². The monoisotopic (exact) mass is 314 g/mol. The van der Waals surface area contributed by atoms with Crippen LogP contribution in [0.25, 0.3) is 10.8 Å². The van der Waals surface area contributed by atoms with E-state index in [1.807, 2.05) is 6.92 Å². The Morgan fingerprint density at radius 2 is 1.96 bits per heavy atom. The van der Waals surface area contributed by atoms with Gasteiger partial charge in [-0.3, -0.25) is 0 Å². The molecule has 0 saturated carbocycles. The van der Waals surface area contributed by atoms with E-state index in [1.54, 1.807) is 24.3 Å². The van der Waals surface area contributed by atoms with E-state index in [0.29, 0.717) is 10.8 Å². The molecule has 0 saturated heterocycles. The molecule has 0 spiro atoms. The normalized spacial score (nSPS) is 12.9. The number of hydrogen-bond acceptors (Lipinski definition) is 6. The summed E-state index contributed by atoms with van der Waals surface area (Å²) in [7, 11) is 0. The zero-order chi connectivity index (χ0) is 16.4. The highest BCUT2D eigenvalue weighted by atomic mass is 16.7. The molecule has 1 aliphatic heterocycles. The molecule has 23 heavy (non-hydrogen) atoms. The predicted octanol–water partition coefficient (Wildman–Crippen LogP) is 3.47. The number of cyclic esters (lactones) is 2. The second-order valence-corrected chi connectivity index (χ2v) is 5.07. The summed E-state index contributed by atoms with van der Waals surface area (Å²) in [5.41, 5.74) is 0.326. The van der Waals surface area contributed by atoms with E-state index in [4.69, 9.17) is 14.2 Å². The van der Waals surface area contributed by atoms with E-state index in [2.05, 4.69) is 0 Å². The molecule has 0 atom stereocenters. The molecule has 0 fully saturated rings. The summed E-state index contributed by atoms with van der Waals surface area (Å²) in [6, 6.07) is 8.17. The third-order valence-corrected chi connectivity index (χ3v) is 3.53. The molecule has 0 aromatic heterocycles. The molecule has 6 nitrogen and oxygen atoms in total. The molecule has 2 aromatic rings. The van der Waals surface area contributed by atoms with Gasteiger partial charge in [0.25, 0.3) is 0 Å². The van der Waals surface area contributed by atoms with Crippen molar-refractivity contribution in [1.29, 1.82) is 0 Å². The Hall–Kier alpha value is -2.89. The number of benzene rings is 2. The molecule has 1 heterocycles. The Bertz CT molecular complexity index is 808. The molecule has 0 bridgehead atoms. The Balaban J connectivity index is 2.00. The summed E-state index contributed by atoms with van der Waals surface area (Å²) in [5.74, 6) is -1.53. The van der Waals surface area contributed by atoms with Crippen molar-refractivity contribution in [2.45, 2.75) is 19.8 Å². The summed E-state index contributed by atoms with van der Waals surface area (Å²) < 4.78 is 14.7. The summed E-state index contributed by atoms with van der Waals surface area (Å²) in [6.07, 6.45) is 0.711. The van der Waals surface area contributed by atoms with Crippen molar-refractivity contribution in [3.63, 3.8) is 0 Å². The first kappa shape index (κ1) is 15.0. The zero-order valence-corrected chi connectivity index (χ0v) is 12.5. The van der Waals surface area contributed by atoms with E-state index in [-0.39, 0.29) is 23.5 Å². The maximum Gasteiger partial charge on any atom is 0.513 e. The Labute approximate surface area is 131 Å². The summed E-state index contributed by atoms with van der Waals surface area (Å²) in [6.45, 7) is 2.21. The van der Waals surface area contributed by atoms with Crippen LogP contribution in [0.15, 0.2) is 30.3 Å². The van der Waals surface area contributed by atoms with Gasteiger partial charge in [0.05, 0.1) is 12.2 Å². The van der Waals surface area contributed by atoms with E-state index >= 15 is 0 Å². The average molecular weight is 314 g/mol. The van der Waals surface area contributed by atoms with Gasteiger partial charge >= 0.3 is 18.1 Å². The summed E-state index contributed by atoms with van der Waals surface area (Å²) in [5, 5.41) is 1.11. The van der Waals surface area contributed by atoms with Gasteiger partial charge in [-0.1, -0.05) is 31.5 Å². The second kappa shape index (κ2) is 6.08. The standard InChI is InChI=1S/C17H14O6/c1-2-3-9-21-17(20)22-12-8-7-10-5-4-6-11-13(10)14(12)16(19)23-15(11)18/h4-8H,2-3,9H2,1H3. The van der Waals surface area contributed by atoms with Crippen LogP contribution in [0.3, 0.4) is 0 Å². The third-order valence-electron chi connectivity index (χ3n) is 3.53. The summed E-state index contributed by atoms with van der Waals surface area (Å²) in [4.78, 5) is 35.6. The van der Waals surface area contributed by atoms with E-state index in [1.165, 1.54) is 6.07 Å². The summed E-state index contributed by atoms with van der Waals surface area (Å²) >= 11 is 0. The molecule has 0 N–H and O–H groups in total. The molecular formula is C17H14O6. The van der Waals surface area contributed by atoms with Crippen molar-refractivity contribution in [3.8, 4) is 5.75 Å². The van der Waals surface area contributed by atoms with Gasteiger partial charge < -0.3 is 14.2 Å². The van der Waals surface area contributed by atoms with Crippen LogP contribution in [0.1, 0.15) is 40.5 Å². The van der Waals surface area contributed by atoms with Crippen molar-refractivity contribution in [1.82, 2.24) is 0 Å². The molecule has 2 aromatic carbocycles. The van der Waals surface area contributed by atoms with Gasteiger partial charge in [-0.05, 0) is 23.9 Å². The van der Waals surface area contributed by atoms with Gasteiger partial charge in [0.1, 0.15) is 11.3 Å². The minimum absolute atomic E-state index is 0.0175. The molecule has 118 valence electrons. The SMILES string of the molecule is CCCCOC(=O)Oc1ccc2cccc3c2c1C(=O)OC3=O. The molecule has 3 rings (SSSR count). The van der Waals surface area contributed by atoms with Crippen LogP contribution < -0.4 is 4.74 Å². The third kappa shape index (κ3) is 2.75. The van der Waals surface area contributed by atoms with Crippen molar-refractivity contribution >= 4 is 28.9 Å². The van der Waals surface area contributed by atoms with Crippen LogP contribution >= 0.6 is 0 Å². The lowest BCUT2D eigenvalue weighted by Crippen LogP contribution is -2.22. The lowest BCUT2D eigenvalue weighted by atomic mass is 9.96. The molecule has 1 aliphatic rings. The number of ether oxygens (including phenoxy) is 3. The number of rotatable bonds is 4. The molecule has 6 heteroatoms. The van der Waals surface area contributed by atoms with Crippen LogP contribution in [0.5, 0.6) is 5.75 Å². The van der Waals surface area contributed by atoms with Crippen LogP contribution in [0.2, 0.25) is 0 Å². The second-order valence-electron chi connectivity index (χ2n) is 5.07. The average Bonchev–Trinajstić information content (AvgIpc) is 2.53. The number of carbonyl (C=O) groups is 3. The molecule has 0 radical (unpaired) electrons. The lowest BCUT2D eigenvalue weighted by Gasteiger charge is -2.17. The van der Waals surface area contributed by atoms with E-state index in [0.717, 1.165) is 12.8 Å². The van der Waals surface area contributed by atoms with E-state index < -0.39 is 18.1 Å². The lowest BCUT2D eigenvalue weighted by molar-refractivity contribution is 0.0389. The first-order valence-corrected chi connectivity index (χ1v) is 7.28. The molecular weight excluding hydrogens is 300 g/mol. The van der Waals surface area contributed by atoms with Crippen molar-refractivity contribution in [2.24, 2.45) is 0 Å². The number of hydrogen-bond donors (Lipinski definition) is 0. The maximum absolute atomic E-state index is 12.1. The van der Waals surface area contributed by atoms with Gasteiger partial charge in [-0.15, -0.1) is 0 Å². The fourth-order valence-electron chi connectivity index (χ4n) is 2.43. The number of carbonyl (C=O) groups excluding carboxylic acids is 3. The fraction of sp³-hybridized carbons (Fsp3) is 0.235. The minimum atomic E-state index is -0.892. The first-order chi connectivity index (χ1) is 11.1. The Morgan fingerprint density at radius 3 is 2.74 bits per heavy atom.